The highest BCUT2D eigenvalue weighted by Gasteiger charge is 1.96. The van der Waals surface area contributed by atoms with Gasteiger partial charge in [-0.2, -0.15) is 5.26 Å². The third kappa shape index (κ3) is 1.17. The Morgan fingerprint density at radius 2 is 2.60 bits per heavy atom. The van der Waals surface area contributed by atoms with Crippen LogP contribution in [-0.4, -0.2) is 21.3 Å². The van der Waals surface area contributed by atoms with Crippen molar-refractivity contribution in [3.8, 4) is 6.07 Å². The number of nitrogens with zero attached hydrogens (tertiary/aromatic N) is 4. The van der Waals surface area contributed by atoms with Crippen LogP contribution < -0.4 is 0 Å². The van der Waals surface area contributed by atoms with Gasteiger partial charge in [0.05, 0.1) is 6.20 Å². The molecule has 0 saturated heterocycles. The van der Waals surface area contributed by atoms with Crippen molar-refractivity contribution in [2.75, 3.05) is 0 Å². The van der Waals surface area contributed by atoms with Gasteiger partial charge < -0.3 is 0 Å². The van der Waals surface area contributed by atoms with Gasteiger partial charge in [-0.15, -0.1) is 5.10 Å². The van der Waals surface area contributed by atoms with Gasteiger partial charge >= 0.3 is 0 Å². The third-order valence-corrected chi connectivity index (χ3v) is 0.880. The standard InChI is InChI=1S/C5H3N4O/c6-3-5-4-9(1-2-10)8-7-5/h4H,1H2. The molecule has 1 aromatic heterocycles. The Morgan fingerprint density at radius 1 is 1.80 bits per heavy atom. The van der Waals surface area contributed by atoms with Crippen molar-refractivity contribution in [3.05, 3.63) is 11.9 Å². The smallest absolute Gasteiger partial charge is 0.221 e. The second-order valence-electron chi connectivity index (χ2n) is 1.56. The SMILES string of the molecule is N#Cc1cn(C[C]=O)nn1. The summed E-state index contributed by atoms with van der Waals surface area (Å²) in [5.74, 6) is 0. The van der Waals surface area contributed by atoms with Gasteiger partial charge in [-0.3, -0.25) is 4.79 Å². The van der Waals surface area contributed by atoms with Gasteiger partial charge in [0.2, 0.25) is 6.29 Å². The van der Waals surface area contributed by atoms with E-state index in [2.05, 4.69) is 10.3 Å². The summed E-state index contributed by atoms with van der Waals surface area (Å²) in [7, 11) is 0. The number of nitriles is 1. The summed E-state index contributed by atoms with van der Waals surface area (Å²) in [6.45, 7) is 0.0225. The molecule has 1 heterocycles. The molecular formula is C5H3N4O. The Bertz CT molecular complexity index is 271. The molecule has 1 aromatic rings. The molecule has 1 rings (SSSR count). The van der Waals surface area contributed by atoms with Crippen LogP contribution in [0.4, 0.5) is 0 Å². The number of hydrogen-bond donors (Lipinski definition) is 0. The third-order valence-electron chi connectivity index (χ3n) is 0.880. The average Bonchev–Trinajstić information content (AvgIpc) is 2.37. The minimum absolute atomic E-state index is 0.0225. The largest absolute Gasteiger partial charge is 0.289 e. The summed E-state index contributed by atoms with van der Waals surface area (Å²) in [5.41, 5.74) is 0.204. The molecule has 0 fully saturated rings. The molecule has 0 aromatic carbocycles. The monoisotopic (exact) mass is 135 g/mol. The molecule has 0 aliphatic carbocycles. The second kappa shape index (κ2) is 2.73. The van der Waals surface area contributed by atoms with Gasteiger partial charge in [-0.1, -0.05) is 5.21 Å². The summed E-state index contributed by atoms with van der Waals surface area (Å²) in [5, 5.41) is 15.1. The molecule has 0 amide bonds. The number of aromatic nitrogens is 3. The molecule has 0 unspecified atom stereocenters. The molecule has 49 valence electrons. The fraction of sp³-hybridized carbons (Fsp3) is 0.200. The minimum atomic E-state index is 0.0225. The van der Waals surface area contributed by atoms with Crippen LogP contribution in [-0.2, 0) is 11.3 Å². The maximum atomic E-state index is 9.78. The van der Waals surface area contributed by atoms with Crippen LogP contribution in [0.25, 0.3) is 0 Å². The van der Waals surface area contributed by atoms with Gasteiger partial charge in [0.25, 0.3) is 0 Å². The molecule has 0 aliphatic heterocycles. The van der Waals surface area contributed by atoms with E-state index in [1.54, 1.807) is 12.4 Å². The van der Waals surface area contributed by atoms with Crippen molar-refractivity contribution >= 4 is 6.29 Å². The van der Waals surface area contributed by atoms with Crippen LogP contribution in [0.1, 0.15) is 5.69 Å². The van der Waals surface area contributed by atoms with Crippen molar-refractivity contribution in [3.63, 3.8) is 0 Å². The summed E-state index contributed by atoms with van der Waals surface area (Å²) >= 11 is 0. The molecule has 0 spiro atoms. The molecule has 0 N–H and O–H groups in total. The summed E-state index contributed by atoms with van der Waals surface area (Å²) < 4.78 is 1.24. The van der Waals surface area contributed by atoms with E-state index in [-0.39, 0.29) is 12.2 Å². The van der Waals surface area contributed by atoms with E-state index in [4.69, 9.17) is 5.26 Å². The van der Waals surface area contributed by atoms with Gasteiger partial charge in [0.15, 0.2) is 5.69 Å². The van der Waals surface area contributed by atoms with Crippen molar-refractivity contribution in [2.24, 2.45) is 0 Å². The van der Waals surface area contributed by atoms with E-state index in [9.17, 15) is 4.79 Å². The lowest BCUT2D eigenvalue weighted by Crippen LogP contribution is -1.98. The lowest BCUT2D eigenvalue weighted by molar-refractivity contribution is 0.535. The highest BCUT2D eigenvalue weighted by molar-refractivity contribution is 5.49. The first-order chi connectivity index (χ1) is 4.86. The summed E-state index contributed by atoms with van der Waals surface area (Å²) in [6.07, 6.45) is 3.00. The topological polar surface area (TPSA) is 71.6 Å². The average molecular weight is 135 g/mol. The number of carbonyl (C=O) groups excluding carboxylic acids is 1. The minimum Gasteiger partial charge on any atom is -0.289 e. The Morgan fingerprint density at radius 3 is 3.10 bits per heavy atom. The van der Waals surface area contributed by atoms with Crippen LogP contribution in [0, 0.1) is 11.3 Å². The van der Waals surface area contributed by atoms with E-state index >= 15 is 0 Å². The van der Waals surface area contributed by atoms with Gasteiger partial charge in [0, 0.05) is 0 Å². The maximum absolute atomic E-state index is 9.78. The Labute approximate surface area is 56.9 Å². The molecule has 0 atom stereocenters. The van der Waals surface area contributed by atoms with Crippen molar-refractivity contribution in [2.45, 2.75) is 6.54 Å². The Kier molecular flexibility index (Phi) is 1.75. The van der Waals surface area contributed by atoms with E-state index < -0.39 is 0 Å². The van der Waals surface area contributed by atoms with Gasteiger partial charge in [-0.05, 0) is 0 Å². The van der Waals surface area contributed by atoms with Gasteiger partial charge in [0.1, 0.15) is 12.6 Å². The van der Waals surface area contributed by atoms with E-state index in [0.29, 0.717) is 0 Å². The van der Waals surface area contributed by atoms with Crippen molar-refractivity contribution in [1.29, 1.82) is 5.26 Å². The molecular weight excluding hydrogens is 132 g/mol. The highest BCUT2D eigenvalue weighted by Crippen LogP contribution is 1.87. The molecule has 0 bridgehead atoms. The molecule has 10 heavy (non-hydrogen) atoms. The zero-order valence-corrected chi connectivity index (χ0v) is 4.98. The van der Waals surface area contributed by atoms with E-state index in [0.717, 1.165) is 0 Å². The zero-order valence-electron chi connectivity index (χ0n) is 4.98. The Hall–Kier alpha value is -1.70. The fourth-order valence-corrected chi connectivity index (χ4v) is 0.493. The highest BCUT2D eigenvalue weighted by atomic mass is 16.1. The number of rotatable bonds is 2. The molecule has 0 aliphatic rings. The second-order valence-corrected chi connectivity index (χ2v) is 1.56. The van der Waals surface area contributed by atoms with Crippen LogP contribution in [0.15, 0.2) is 6.20 Å². The van der Waals surface area contributed by atoms with Crippen molar-refractivity contribution in [1.82, 2.24) is 15.0 Å². The zero-order chi connectivity index (χ0) is 7.40. The summed E-state index contributed by atoms with van der Waals surface area (Å²) in [6, 6.07) is 1.78. The predicted octanol–water partition coefficient (Wildman–Crippen LogP) is -0.741. The predicted molar refractivity (Wildman–Crippen MR) is 30.4 cm³/mol. The van der Waals surface area contributed by atoms with Gasteiger partial charge in [-0.25, -0.2) is 4.68 Å². The lowest BCUT2D eigenvalue weighted by atomic mass is 10.5. The van der Waals surface area contributed by atoms with E-state index in [1.165, 1.54) is 10.9 Å². The van der Waals surface area contributed by atoms with Crippen LogP contribution in [0.3, 0.4) is 0 Å². The summed E-state index contributed by atoms with van der Waals surface area (Å²) in [4.78, 5) is 9.78. The first kappa shape index (κ1) is 6.42. The first-order valence-electron chi connectivity index (χ1n) is 2.52. The fourth-order valence-electron chi connectivity index (χ4n) is 0.493. The maximum Gasteiger partial charge on any atom is 0.221 e. The number of hydrogen-bond acceptors (Lipinski definition) is 4. The van der Waals surface area contributed by atoms with Crippen LogP contribution in [0.5, 0.6) is 0 Å². The molecule has 5 heteroatoms. The molecule has 1 radical (unpaired) electrons. The first-order valence-corrected chi connectivity index (χ1v) is 2.52. The normalized spacial score (nSPS) is 8.70. The molecule has 0 saturated carbocycles. The quantitative estimate of drug-likeness (QED) is 0.535. The Balaban J connectivity index is 2.80. The van der Waals surface area contributed by atoms with Crippen LogP contribution >= 0.6 is 0 Å². The molecule has 5 nitrogen and oxygen atoms in total. The van der Waals surface area contributed by atoms with Crippen LogP contribution in [0.2, 0.25) is 0 Å². The van der Waals surface area contributed by atoms with Crippen molar-refractivity contribution < 1.29 is 4.79 Å². The van der Waals surface area contributed by atoms with E-state index in [1.807, 2.05) is 0 Å². The lowest BCUT2D eigenvalue weighted by Gasteiger charge is -1.83.